The number of rotatable bonds is 9. The molecule has 0 saturated heterocycles. The van der Waals surface area contributed by atoms with Gasteiger partial charge in [-0.3, -0.25) is 23.7 Å². The number of anilines is 1. The molecule has 1 aromatic heterocycles. The number of carboxylic acid groups (broad SMARTS) is 1. The van der Waals surface area contributed by atoms with Crippen molar-refractivity contribution in [1.29, 1.82) is 0 Å². The van der Waals surface area contributed by atoms with Gasteiger partial charge < -0.3 is 25.8 Å². The van der Waals surface area contributed by atoms with Crippen LogP contribution in [0.5, 0.6) is 0 Å². The molecule has 0 fully saturated rings. The Morgan fingerprint density at radius 1 is 1.18 bits per heavy atom. The Morgan fingerprint density at radius 3 is 2.38 bits per heavy atom. The van der Waals surface area contributed by atoms with Gasteiger partial charge in [0.05, 0.1) is 0 Å². The van der Waals surface area contributed by atoms with Crippen LogP contribution in [-0.4, -0.2) is 68.0 Å². The summed E-state index contributed by atoms with van der Waals surface area (Å²) in [5.41, 5.74) is 4.51. The molecule has 34 heavy (non-hydrogen) atoms. The Bertz CT molecular complexity index is 1110. The van der Waals surface area contributed by atoms with Crippen LogP contribution in [-0.2, 0) is 25.7 Å². The fraction of sp³-hybridized carbons (Fsp3) is 0.364. The molecule has 0 aliphatic carbocycles. The van der Waals surface area contributed by atoms with Crippen LogP contribution in [0.15, 0.2) is 47.4 Å². The normalized spacial score (nSPS) is 11.9. The van der Waals surface area contributed by atoms with Gasteiger partial charge in [0.1, 0.15) is 30.6 Å². The molecule has 0 aliphatic rings. The minimum absolute atomic E-state index is 0.0168. The number of nitrogens with two attached hydrogens (primary N) is 1. The molecule has 2 aromatic rings. The number of amides is 2. The smallest absolute Gasteiger partial charge is 0.349 e. The summed E-state index contributed by atoms with van der Waals surface area (Å²) in [4.78, 5) is 65.1. The zero-order valence-electron chi connectivity index (χ0n) is 19.1. The maximum Gasteiger partial charge on any atom is 0.349 e. The molecule has 2 rings (SSSR count). The van der Waals surface area contributed by atoms with E-state index < -0.39 is 60.7 Å². The third-order valence-electron chi connectivity index (χ3n) is 4.26. The fourth-order valence-electron chi connectivity index (χ4n) is 2.75. The Kier molecular flexibility index (Phi) is 8.62. The Morgan fingerprint density at radius 2 is 1.82 bits per heavy atom. The molecule has 1 heterocycles. The highest BCUT2D eigenvalue weighted by Gasteiger charge is 2.27. The summed E-state index contributed by atoms with van der Waals surface area (Å²) in [6.07, 6.45) is 1.24. The van der Waals surface area contributed by atoms with E-state index in [1.54, 1.807) is 51.1 Å². The number of nitrogens with zero attached hydrogens (tertiary/aromatic N) is 3. The summed E-state index contributed by atoms with van der Waals surface area (Å²) in [5.74, 6) is -3.38. The number of aromatic nitrogens is 2. The minimum Gasteiger partial charge on any atom is -0.480 e. The maximum atomic E-state index is 12.7. The van der Waals surface area contributed by atoms with Crippen LogP contribution in [0.1, 0.15) is 31.1 Å². The topological polar surface area (TPSA) is 174 Å². The number of carbonyl (C=O) groups excluding carboxylic acids is 3. The van der Waals surface area contributed by atoms with Crippen LogP contribution in [0.3, 0.4) is 0 Å². The monoisotopic (exact) mass is 473 g/mol. The van der Waals surface area contributed by atoms with E-state index in [0.717, 1.165) is 9.47 Å². The molecule has 1 aromatic carbocycles. The molecule has 182 valence electrons. The van der Waals surface area contributed by atoms with Crippen molar-refractivity contribution >= 4 is 29.6 Å². The predicted molar refractivity (Wildman–Crippen MR) is 121 cm³/mol. The highest BCUT2D eigenvalue weighted by atomic mass is 16.6. The second-order valence-electron chi connectivity index (χ2n) is 8.35. The number of carboxylic acids is 1. The van der Waals surface area contributed by atoms with Gasteiger partial charge in [0.2, 0.25) is 5.91 Å². The van der Waals surface area contributed by atoms with Crippen molar-refractivity contribution < 1.29 is 29.0 Å². The van der Waals surface area contributed by atoms with Crippen molar-refractivity contribution in [2.75, 3.05) is 18.4 Å². The fourth-order valence-corrected chi connectivity index (χ4v) is 2.75. The van der Waals surface area contributed by atoms with Crippen LogP contribution >= 0.6 is 0 Å². The molecule has 1 unspecified atom stereocenters. The van der Waals surface area contributed by atoms with Crippen molar-refractivity contribution in [1.82, 2.24) is 14.5 Å². The molecule has 0 bridgehead atoms. The van der Waals surface area contributed by atoms with E-state index in [2.05, 4.69) is 10.3 Å². The summed E-state index contributed by atoms with van der Waals surface area (Å²) in [7, 11) is 0. The number of aliphatic carboxylic acids is 1. The molecule has 4 N–H and O–H groups in total. The summed E-state index contributed by atoms with van der Waals surface area (Å²) in [5, 5.41) is 11.6. The van der Waals surface area contributed by atoms with Crippen molar-refractivity contribution in [2.45, 2.75) is 39.0 Å². The minimum atomic E-state index is -1.32. The van der Waals surface area contributed by atoms with Crippen LogP contribution < -0.4 is 16.7 Å². The average Bonchev–Trinajstić information content (AvgIpc) is 2.74. The zero-order chi connectivity index (χ0) is 25.5. The average molecular weight is 473 g/mol. The Balaban J connectivity index is 2.09. The summed E-state index contributed by atoms with van der Waals surface area (Å²) >= 11 is 0. The van der Waals surface area contributed by atoms with Gasteiger partial charge in [0, 0.05) is 18.3 Å². The van der Waals surface area contributed by atoms with Crippen molar-refractivity contribution in [3.8, 4) is 0 Å². The van der Waals surface area contributed by atoms with Crippen molar-refractivity contribution in [2.24, 2.45) is 5.73 Å². The van der Waals surface area contributed by atoms with E-state index in [9.17, 15) is 24.0 Å². The number of esters is 1. The van der Waals surface area contributed by atoms with E-state index in [-0.39, 0.29) is 5.82 Å². The highest BCUT2D eigenvalue weighted by Crippen LogP contribution is 2.09. The maximum absolute atomic E-state index is 12.7. The van der Waals surface area contributed by atoms with Crippen molar-refractivity contribution in [3.05, 3.63) is 58.6 Å². The van der Waals surface area contributed by atoms with Gasteiger partial charge in [-0.2, -0.15) is 4.98 Å². The molecular formula is C22H27N5O7. The quantitative estimate of drug-likeness (QED) is 0.426. The molecule has 0 saturated carbocycles. The second-order valence-corrected chi connectivity index (χ2v) is 8.35. The number of nitrogens with one attached hydrogen (secondary N) is 1. The van der Waals surface area contributed by atoms with Crippen LogP contribution in [0.25, 0.3) is 0 Å². The van der Waals surface area contributed by atoms with Crippen molar-refractivity contribution in [3.63, 3.8) is 0 Å². The standard InChI is InChI=1S/C22H27N5O7/c1-22(2,3)34-20(32)15(23)11-27(13-18(29)30)17(28)12-26-10-9-16(25-21(26)33)24-19(31)14-7-5-4-6-8-14/h4-10,15H,11-13,23H2,1-3H3,(H,29,30)(H,24,25,31,33). The SMILES string of the molecule is CC(C)(C)OC(=O)C(N)CN(CC(=O)O)C(=O)Cn1ccc(NC(=O)c2ccccc2)nc1=O. The highest BCUT2D eigenvalue weighted by molar-refractivity contribution is 6.03. The molecule has 2 amide bonds. The zero-order valence-corrected chi connectivity index (χ0v) is 19.1. The molecule has 12 nitrogen and oxygen atoms in total. The number of benzene rings is 1. The first-order valence-corrected chi connectivity index (χ1v) is 10.3. The largest absolute Gasteiger partial charge is 0.480 e. The van der Waals surface area contributed by atoms with Gasteiger partial charge in [0.15, 0.2) is 0 Å². The lowest BCUT2D eigenvalue weighted by atomic mass is 10.2. The predicted octanol–water partition coefficient (Wildman–Crippen LogP) is 0.0778. The van der Waals surface area contributed by atoms with Crippen LogP contribution in [0.2, 0.25) is 0 Å². The van der Waals surface area contributed by atoms with Gasteiger partial charge in [-0.05, 0) is 39.0 Å². The molecule has 0 aliphatic heterocycles. The second kappa shape index (κ2) is 11.2. The van der Waals surface area contributed by atoms with Gasteiger partial charge in [0.25, 0.3) is 5.91 Å². The molecule has 1 atom stereocenters. The summed E-state index contributed by atoms with van der Waals surface area (Å²) in [6.45, 7) is 3.22. The summed E-state index contributed by atoms with van der Waals surface area (Å²) < 4.78 is 6.09. The molecule has 0 spiro atoms. The third kappa shape index (κ3) is 8.13. The number of carbonyl (C=O) groups is 4. The van der Waals surface area contributed by atoms with Crippen LogP contribution in [0.4, 0.5) is 5.82 Å². The number of hydrogen-bond donors (Lipinski definition) is 3. The van der Waals surface area contributed by atoms with E-state index in [0.29, 0.717) is 5.56 Å². The van der Waals surface area contributed by atoms with E-state index in [4.69, 9.17) is 15.6 Å². The molecule has 0 radical (unpaired) electrons. The van der Waals surface area contributed by atoms with Gasteiger partial charge in [-0.15, -0.1) is 0 Å². The first-order valence-electron chi connectivity index (χ1n) is 10.3. The van der Waals surface area contributed by atoms with Gasteiger partial charge >= 0.3 is 17.6 Å². The van der Waals surface area contributed by atoms with Gasteiger partial charge in [-0.1, -0.05) is 18.2 Å². The van der Waals surface area contributed by atoms with Gasteiger partial charge in [-0.25, -0.2) is 4.79 Å². The number of hydrogen-bond acceptors (Lipinski definition) is 8. The lowest BCUT2D eigenvalue weighted by Crippen LogP contribution is -2.50. The van der Waals surface area contributed by atoms with Crippen LogP contribution in [0, 0.1) is 0 Å². The summed E-state index contributed by atoms with van der Waals surface area (Å²) in [6, 6.07) is 8.34. The van der Waals surface area contributed by atoms with E-state index >= 15 is 0 Å². The molecular weight excluding hydrogens is 446 g/mol. The lowest BCUT2D eigenvalue weighted by Gasteiger charge is -2.26. The first-order chi connectivity index (χ1) is 15.9. The Hall–Kier alpha value is -4.06. The third-order valence-corrected chi connectivity index (χ3v) is 4.26. The van der Waals surface area contributed by atoms with E-state index in [1.165, 1.54) is 12.3 Å². The first kappa shape index (κ1) is 26.2. The molecule has 12 heteroatoms. The number of ether oxygens (including phenoxy) is 1. The van der Waals surface area contributed by atoms with E-state index in [1.807, 2.05) is 0 Å². The Labute approximate surface area is 195 Å². The lowest BCUT2D eigenvalue weighted by molar-refractivity contribution is -0.158.